The van der Waals surface area contributed by atoms with E-state index >= 15 is 0 Å². The zero-order valence-corrected chi connectivity index (χ0v) is 12.3. The Kier molecular flexibility index (Phi) is 3.33. The van der Waals surface area contributed by atoms with Crippen LogP contribution < -0.4 is 5.32 Å². The van der Waals surface area contributed by atoms with E-state index < -0.39 is 0 Å². The van der Waals surface area contributed by atoms with Crippen molar-refractivity contribution >= 4 is 5.82 Å². The van der Waals surface area contributed by atoms with E-state index in [4.69, 9.17) is 0 Å². The van der Waals surface area contributed by atoms with Gasteiger partial charge < -0.3 is 5.32 Å². The van der Waals surface area contributed by atoms with Crippen molar-refractivity contribution in [2.24, 2.45) is 0 Å². The van der Waals surface area contributed by atoms with E-state index in [0.717, 1.165) is 38.2 Å². The summed E-state index contributed by atoms with van der Waals surface area (Å²) in [7, 11) is 0. The van der Waals surface area contributed by atoms with Gasteiger partial charge in [0, 0.05) is 35.6 Å². The van der Waals surface area contributed by atoms with Gasteiger partial charge in [0.2, 0.25) is 0 Å². The molecule has 0 bridgehead atoms. The van der Waals surface area contributed by atoms with Gasteiger partial charge in [0.25, 0.3) is 0 Å². The molecule has 5 heteroatoms. The molecule has 0 fully saturated rings. The van der Waals surface area contributed by atoms with Gasteiger partial charge in [-0.05, 0) is 44.9 Å². The van der Waals surface area contributed by atoms with E-state index in [9.17, 15) is 0 Å². The highest BCUT2D eigenvalue weighted by atomic mass is 15.3. The maximum absolute atomic E-state index is 4.50. The number of nitrogens with one attached hydrogen (secondary N) is 1. The Balaban J connectivity index is 1.54. The number of aryl methyl sites for hydroxylation is 2. The molecule has 4 rings (SSSR count). The molecule has 2 aliphatic rings. The lowest BCUT2D eigenvalue weighted by molar-refractivity contribution is 0.484. The third-order valence-electron chi connectivity index (χ3n) is 4.64. The summed E-state index contributed by atoms with van der Waals surface area (Å²) in [5, 5.41) is 8.02. The van der Waals surface area contributed by atoms with Crippen LogP contribution in [0.3, 0.4) is 0 Å². The molecule has 0 saturated heterocycles. The van der Waals surface area contributed by atoms with Crippen molar-refractivity contribution in [2.75, 3.05) is 5.32 Å². The summed E-state index contributed by atoms with van der Waals surface area (Å²) in [6, 6.07) is 0. The van der Waals surface area contributed by atoms with E-state index in [0.29, 0.717) is 0 Å². The summed E-state index contributed by atoms with van der Waals surface area (Å²) in [6.45, 7) is 1.89. The maximum Gasteiger partial charge on any atom is 0.133 e. The van der Waals surface area contributed by atoms with Crippen molar-refractivity contribution in [1.82, 2.24) is 19.7 Å². The summed E-state index contributed by atoms with van der Waals surface area (Å²) >= 11 is 0. The van der Waals surface area contributed by atoms with Gasteiger partial charge >= 0.3 is 0 Å². The number of nitrogens with zero attached hydrogens (tertiary/aromatic N) is 4. The summed E-state index contributed by atoms with van der Waals surface area (Å²) in [5.41, 5.74) is 5.27. The minimum absolute atomic E-state index is 0.818. The minimum atomic E-state index is 0.818. The molecule has 21 heavy (non-hydrogen) atoms. The molecule has 1 aliphatic carbocycles. The minimum Gasteiger partial charge on any atom is -0.366 e. The molecule has 0 amide bonds. The van der Waals surface area contributed by atoms with Crippen LogP contribution in [0.5, 0.6) is 0 Å². The van der Waals surface area contributed by atoms with Gasteiger partial charge in [-0.2, -0.15) is 5.10 Å². The van der Waals surface area contributed by atoms with Gasteiger partial charge in [-0.15, -0.1) is 0 Å². The second kappa shape index (κ2) is 5.47. The Morgan fingerprint density at radius 3 is 2.95 bits per heavy atom. The third-order valence-corrected chi connectivity index (χ3v) is 4.64. The predicted molar refractivity (Wildman–Crippen MR) is 81.2 cm³/mol. The number of rotatable bonds is 3. The standard InChI is InChI=1S/C16H21N5/c1-2-6-14-13(5-1)16(19-11-18-14)17-9-12-10-20-21-8-4-3-7-15(12)21/h10-11H,1-9H2,(H,17,18,19). The average Bonchev–Trinajstić information content (AvgIpc) is 2.96. The molecule has 0 aromatic carbocycles. The fourth-order valence-corrected chi connectivity index (χ4v) is 3.49. The second-order valence-corrected chi connectivity index (χ2v) is 6.00. The SMILES string of the molecule is c1nc2c(c(NCc3cnn4c3CCCC4)n1)CCCC2. The molecule has 0 saturated carbocycles. The lowest BCUT2D eigenvalue weighted by Gasteiger charge is -2.18. The van der Waals surface area contributed by atoms with Crippen molar-refractivity contribution in [3.63, 3.8) is 0 Å². The van der Waals surface area contributed by atoms with Crippen LogP contribution in [0.15, 0.2) is 12.5 Å². The highest BCUT2D eigenvalue weighted by Crippen LogP contribution is 2.25. The molecule has 1 aliphatic heterocycles. The molecular formula is C16H21N5. The Morgan fingerprint density at radius 1 is 1.05 bits per heavy atom. The van der Waals surface area contributed by atoms with Crippen LogP contribution in [0.25, 0.3) is 0 Å². The Bertz CT molecular complexity index is 646. The Hall–Kier alpha value is -1.91. The number of anilines is 1. The second-order valence-electron chi connectivity index (χ2n) is 6.00. The molecule has 1 N–H and O–H groups in total. The average molecular weight is 283 g/mol. The van der Waals surface area contributed by atoms with E-state index in [-0.39, 0.29) is 0 Å². The molecule has 0 radical (unpaired) electrons. The van der Waals surface area contributed by atoms with Crippen LogP contribution in [0, 0.1) is 0 Å². The highest BCUT2D eigenvalue weighted by Gasteiger charge is 2.17. The number of hydrogen-bond acceptors (Lipinski definition) is 4. The monoisotopic (exact) mass is 283 g/mol. The van der Waals surface area contributed by atoms with Crippen LogP contribution in [-0.4, -0.2) is 19.7 Å². The van der Waals surface area contributed by atoms with Crippen LogP contribution in [0.4, 0.5) is 5.82 Å². The van der Waals surface area contributed by atoms with E-state index in [1.165, 1.54) is 48.2 Å². The first-order chi connectivity index (χ1) is 10.4. The topological polar surface area (TPSA) is 55.6 Å². The van der Waals surface area contributed by atoms with E-state index in [1.807, 2.05) is 6.20 Å². The number of aromatic nitrogens is 4. The predicted octanol–water partition coefficient (Wildman–Crippen LogP) is 2.50. The van der Waals surface area contributed by atoms with Gasteiger partial charge in [0.1, 0.15) is 12.1 Å². The molecule has 110 valence electrons. The quantitative estimate of drug-likeness (QED) is 0.940. The first-order valence-corrected chi connectivity index (χ1v) is 8.02. The van der Waals surface area contributed by atoms with Crippen molar-refractivity contribution < 1.29 is 0 Å². The van der Waals surface area contributed by atoms with Crippen molar-refractivity contribution in [2.45, 2.75) is 58.0 Å². The fourth-order valence-electron chi connectivity index (χ4n) is 3.49. The lowest BCUT2D eigenvalue weighted by atomic mass is 9.96. The fraction of sp³-hybridized carbons (Fsp3) is 0.562. The molecule has 2 aromatic heterocycles. The van der Waals surface area contributed by atoms with Crippen LogP contribution in [0.1, 0.15) is 48.2 Å². The largest absolute Gasteiger partial charge is 0.366 e. The molecule has 5 nitrogen and oxygen atoms in total. The van der Waals surface area contributed by atoms with E-state index in [1.54, 1.807) is 6.33 Å². The molecule has 3 heterocycles. The van der Waals surface area contributed by atoms with Crippen LogP contribution in [-0.2, 0) is 32.4 Å². The normalized spacial score (nSPS) is 17.1. The number of hydrogen-bond donors (Lipinski definition) is 1. The Morgan fingerprint density at radius 2 is 1.95 bits per heavy atom. The molecule has 0 unspecified atom stereocenters. The van der Waals surface area contributed by atoms with Crippen molar-refractivity contribution in [3.05, 3.63) is 35.0 Å². The molecular weight excluding hydrogens is 262 g/mol. The van der Waals surface area contributed by atoms with E-state index in [2.05, 4.69) is 25.1 Å². The van der Waals surface area contributed by atoms with Crippen LogP contribution >= 0.6 is 0 Å². The summed E-state index contributed by atoms with van der Waals surface area (Å²) in [4.78, 5) is 8.88. The molecule has 0 atom stereocenters. The van der Waals surface area contributed by atoms with Crippen LogP contribution in [0.2, 0.25) is 0 Å². The highest BCUT2D eigenvalue weighted by molar-refractivity contribution is 5.47. The summed E-state index contributed by atoms with van der Waals surface area (Å²) in [6.07, 6.45) is 12.1. The third kappa shape index (κ3) is 2.41. The first-order valence-electron chi connectivity index (χ1n) is 8.02. The van der Waals surface area contributed by atoms with Gasteiger partial charge in [-0.25, -0.2) is 9.97 Å². The molecule has 0 spiro atoms. The van der Waals surface area contributed by atoms with Gasteiger partial charge in [-0.1, -0.05) is 0 Å². The van der Waals surface area contributed by atoms with Gasteiger partial charge in [-0.3, -0.25) is 4.68 Å². The summed E-state index contributed by atoms with van der Waals surface area (Å²) < 4.78 is 2.16. The number of fused-ring (bicyclic) bond motifs is 2. The lowest BCUT2D eigenvalue weighted by Crippen LogP contribution is -2.14. The van der Waals surface area contributed by atoms with Gasteiger partial charge in [0.15, 0.2) is 0 Å². The van der Waals surface area contributed by atoms with Gasteiger partial charge in [0.05, 0.1) is 6.20 Å². The van der Waals surface area contributed by atoms with Crippen molar-refractivity contribution in [3.8, 4) is 0 Å². The Labute approximate surface area is 124 Å². The zero-order valence-electron chi connectivity index (χ0n) is 12.3. The zero-order chi connectivity index (χ0) is 14.1. The summed E-state index contributed by atoms with van der Waals surface area (Å²) in [5.74, 6) is 1.02. The smallest absolute Gasteiger partial charge is 0.133 e. The maximum atomic E-state index is 4.50. The first kappa shape index (κ1) is 12.8. The van der Waals surface area contributed by atoms with Crippen molar-refractivity contribution in [1.29, 1.82) is 0 Å². The molecule has 2 aromatic rings.